The summed E-state index contributed by atoms with van der Waals surface area (Å²) in [6, 6.07) is 1.21. The van der Waals surface area contributed by atoms with Crippen molar-refractivity contribution in [2.75, 3.05) is 6.61 Å². The minimum absolute atomic E-state index is 0.0381. The Hall–Kier alpha value is -1.49. The lowest BCUT2D eigenvalue weighted by molar-refractivity contribution is -0.0873. The van der Waals surface area contributed by atoms with Crippen LogP contribution in [0.15, 0.2) is 21.9 Å². The van der Waals surface area contributed by atoms with Crippen LogP contribution in [-0.2, 0) is 9.16 Å². The summed E-state index contributed by atoms with van der Waals surface area (Å²) in [5, 5.41) is 21.6. The zero-order valence-electron chi connectivity index (χ0n) is 19.8. The summed E-state index contributed by atoms with van der Waals surface area (Å²) in [7, 11) is -4.12. The number of aliphatic hydroxyl groups excluding tert-OH is 1. The average Bonchev–Trinajstić information content (AvgIpc) is 2.85. The molecule has 0 radical (unpaired) electrons. The Kier molecular flexibility index (Phi) is 7.32. The van der Waals surface area contributed by atoms with Crippen molar-refractivity contribution in [1.82, 2.24) is 9.55 Å². The quantitative estimate of drug-likeness (QED) is 0.449. The van der Waals surface area contributed by atoms with Gasteiger partial charge >= 0.3 is 5.69 Å². The van der Waals surface area contributed by atoms with Crippen molar-refractivity contribution in [2.24, 2.45) is 0 Å². The van der Waals surface area contributed by atoms with Gasteiger partial charge in [0.05, 0.1) is 6.61 Å². The Labute approximate surface area is 185 Å². The van der Waals surface area contributed by atoms with Gasteiger partial charge < -0.3 is 19.4 Å². The van der Waals surface area contributed by atoms with Crippen molar-refractivity contribution < 1.29 is 19.4 Å². The number of ether oxygens (including phenoxy) is 1. The molecule has 0 spiro atoms. The second kappa shape index (κ2) is 8.80. The average molecular weight is 469 g/mol. The van der Waals surface area contributed by atoms with Gasteiger partial charge in [-0.1, -0.05) is 40.4 Å². The van der Waals surface area contributed by atoms with Crippen LogP contribution < -0.4 is 11.2 Å². The van der Waals surface area contributed by atoms with E-state index in [2.05, 4.69) is 56.9 Å². The van der Waals surface area contributed by atoms with Crippen LogP contribution in [0, 0.1) is 11.5 Å². The van der Waals surface area contributed by atoms with Gasteiger partial charge in [0.1, 0.15) is 25.9 Å². The van der Waals surface area contributed by atoms with Gasteiger partial charge in [-0.25, -0.2) is 4.79 Å². The van der Waals surface area contributed by atoms with Crippen LogP contribution in [0.2, 0.25) is 37.8 Å². The van der Waals surface area contributed by atoms with Crippen LogP contribution in [0.5, 0.6) is 0 Å². The molecule has 1 aliphatic heterocycles. The summed E-state index contributed by atoms with van der Waals surface area (Å²) in [6.45, 7) is 16.1. The fraction of sp³-hybridized carbons (Fsp3) is 0.714. The molecule has 10 heteroatoms. The van der Waals surface area contributed by atoms with Crippen LogP contribution in [0.4, 0.5) is 0 Å². The Bertz CT molecular complexity index is 963. The number of hydrogen-bond donors (Lipinski definition) is 3. The van der Waals surface area contributed by atoms with E-state index in [1.165, 1.54) is 16.8 Å². The van der Waals surface area contributed by atoms with Gasteiger partial charge in [-0.3, -0.25) is 14.3 Å². The minimum atomic E-state index is -2.43. The predicted octanol–water partition coefficient (Wildman–Crippen LogP) is 1.82. The van der Waals surface area contributed by atoms with E-state index < -0.39 is 58.3 Å². The van der Waals surface area contributed by atoms with E-state index in [-0.39, 0.29) is 11.5 Å². The highest BCUT2D eigenvalue weighted by Gasteiger charge is 2.59. The molecule has 1 aliphatic rings. The number of hydrogen-bond acceptors (Lipinski definition) is 6. The first-order valence-electron chi connectivity index (χ1n) is 10.5. The monoisotopic (exact) mass is 468 g/mol. The molecular weight excluding hydrogens is 432 g/mol. The SMILES string of the molecule is CC(C)(C)[Si](C)(C)O[C@H]1[C@H](n2ccc(=O)[nH]c2=O)O[C@H](CO)[C@@]1(O)CC#C[Si](C)(C)C. The first-order valence-corrected chi connectivity index (χ1v) is 16.9. The molecule has 2 rings (SSSR count). The van der Waals surface area contributed by atoms with Crippen LogP contribution in [0.25, 0.3) is 0 Å². The third kappa shape index (κ3) is 5.66. The smallest absolute Gasteiger partial charge is 0.330 e. The lowest BCUT2D eigenvalue weighted by Crippen LogP contribution is -2.56. The van der Waals surface area contributed by atoms with Gasteiger partial charge in [0.2, 0.25) is 0 Å². The lowest BCUT2D eigenvalue weighted by atomic mass is 9.89. The second-order valence-electron chi connectivity index (χ2n) is 10.7. The highest BCUT2D eigenvalue weighted by Crippen LogP contribution is 2.46. The molecule has 174 valence electrons. The van der Waals surface area contributed by atoms with Crippen LogP contribution in [0.1, 0.15) is 33.4 Å². The predicted molar refractivity (Wildman–Crippen MR) is 125 cm³/mol. The molecule has 0 saturated carbocycles. The zero-order chi connectivity index (χ0) is 23.8. The molecule has 1 saturated heterocycles. The molecule has 0 aromatic carbocycles. The molecule has 2 heterocycles. The van der Waals surface area contributed by atoms with E-state index >= 15 is 0 Å². The number of aromatic amines is 1. The first kappa shape index (κ1) is 25.8. The highest BCUT2D eigenvalue weighted by molar-refractivity contribution is 6.83. The van der Waals surface area contributed by atoms with Crippen molar-refractivity contribution in [3.63, 3.8) is 0 Å². The third-order valence-corrected chi connectivity index (χ3v) is 11.3. The molecule has 8 nitrogen and oxygen atoms in total. The van der Waals surface area contributed by atoms with Crippen molar-refractivity contribution in [3.8, 4) is 11.5 Å². The minimum Gasteiger partial charge on any atom is -0.406 e. The van der Waals surface area contributed by atoms with Crippen molar-refractivity contribution in [3.05, 3.63) is 33.1 Å². The van der Waals surface area contributed by atoms with Crippen LogP contribution >= 0.6 is 0 Å². The molecule has 1 aromatic rings. The molecule has 1 fully saturated rings. The standard InChI is InChI=1S/C21H36N2O6Si2/c1-20(2,3)31(7,8)29-17-18(23-12-10-16(25)22-19(23)26)28-15(14-24)21(17,27)11-9-13-30(4,5)6/h10,12,15,17-18,24,27H,11,14H2,1-8H3,(H,22,25,26)/t15-,17+,18-,21+/m1/s1. The molecule has 3 N–H and O–H groups in total. The summed E-state index contributed by atoms with van der Waals surface area (Å²) in [6.07, 6.45) is -1.61. The Balaban J connectivity index is 2.60. The number of nitrogens with zero attached hydrogens (tertiary/aromatic N) is 1. The number of aliphatic hydroxyl groups is 2. The zero-order valence-corrected chi connectivity index (χ0v) is 21.8. The van der Waals surface area contributed by atoms with E-state index in [0.717, 1.165) is 0 Å². The van der Waals surface area contributed by atoms with Crippen LogP contribution in [0.3, 0.4) is 0 Å². The van der Waals surface area contributed by atoms with Crippen molar-refractivity contribution in [1.29, 1.82) is 0 Å². The molecule has 0 bridgehead atoms. The molecule has 0 amide bonds. The van der Waals surface area contributed by atoms with E-state index in [1.54, 1.807) is 0 Å². The van der Waals surface area contributed by atoms with Gasteiger partial charge in [-0.05, 0) is 18.1 Å². The molecule has 4 atom stereocenters. The maximum atomic E-state index is 12.5. The maximum absolute atomic E-state index is 12.5. The summed E-state index contributed by atoms with van der Waals surface area (Å²) >= 11 is 0. The Morgan fingerprint density at radius 2 is 1.87 bits per heavy atom. The first-order chi connectivity index (χ1) is 14.0. The van der Waals surface area contributed by atoms with Gasteiger partial charge in [-0.2, -0.15) is 0 Å². The summed E-state index contributed by atoms with van der Waals surface area (Å²) in [5.41, 5.74) is 0.407. The fourth-order valence-corrected chi connectivity index (χ4v) is 5.08. The van der Waals surface area contributed by atoms with Crippen molar-refractivity contribution >= 4 is 16.4 Å². The van der Waals surface area contributed by atoms with Gasteiger partial charge in [0.25, 0.3) is 5.56 Å². The van der Waals surface area contributed by atoms with E-state index in [9.17, 15) is 19.8 Å². The highest BCUT2D eigenvalue weighted by atomic mass is 28.4. The topological polar surface area (TPSA) is 114 Å². The van der Waals surface area contributed by atoms with E-state index in [0.29, 0.717) is 0 Å². The largest absolute Gasteiger partial charge is 0.406 e. The summed E-state index contributed by atoms with van der Waals surface area (Å²) in [4.78, 5) is 26.3. The van der Waals surface area contributed by atoms with E-state index in [4.69, 9.17) is 9.16 Å². The third-order valence-electron chi connectivity index (χ3n) is 5.97. The normalized spacial score (nSPS) is 27.1. The van der Waals surface area contributed by atoms with Gasteiger partial charge in [-0.15, -0.1) is 11.5 Å². The Morgan fingerprint density at radius 1 is 1.26 bits per heavy atom. The van der Waals surface area contributed by atoms with Gasteiger partial charge in [0.15, 0.2) is 14.5 Å². The van der Waals surface area contributed by atoms with Gasteiger partial charge in [0, 0.05) is 18.7 Å². The van der Waals surface area contributed by atoms with Crippen molar-refractivity contribution in [2.45, 2.75) is 89.0 Å². The molecular formula is C21H36N2O6Si2. The van der Waals surface area contributed by atoms with E-state index in [1.807, 2.05) is 13.1 Å². The summed E-state index contributed by atoms with van der Waals surface area (Å²) < 4.78 is 13.8. The summed E-state index contributed by atoms with van der Waals surface area (Å²) in [5.74, 6) is 3.08. The number of nitrogens with one attached hydrogen (secondary N) is 1. The number of H-pyrrole nitrogens is 1. The molecule has 0 aliphatic carbocycles. The molecule has 1 aromatic heterocycles. The van der Waals surface area contributed by atoms with Crippen LogP contribution in [-0.4, -0.2) is 60.6 Å². The fourth-order valence-electron chi connectivity index (χ4n) is 3.15. The second-order valence-corrected chi connectivity index (χ2v) is 20.2. The molecule has 0 unspecified atom stereocenters. The lowest BCUT2D eigenvalue weighted by Gasteiger charge is -2.42. The number of rotatable bonds is 5. The Morgan fingerprint density at radius 3 is 2.35 bits per heavy atom. The molecule has 31 heavy (non-hydrogen) atoms. The number of aromatic nitrogens is 2. The maximum Gasteiger partial charge on any atom is 0.330 e.